The van der Waals surface area contributed by atoms with E-state index in [1.807, 2.05) is 11.5 Å². The molecule has 0 bridgehead atoms. The number of aryl methyl sites for hydroxylation is 1. The van der Waals surface area contributed by atoms with Gasteiger partial charge in [0.25, 0.3) is 5.91 Å². The number of carbonyl (C=O) groups excluding carboxylic acids is 1. The van der Waals surface area contributed by atoms with E-state index in [0.29, 0.717) is 29.7 Å². The van der Waals surface area contributed by atoms with Crippen LogP contribution in [0.2, 0.25) is 0 Å². The molecule has 1 saturated carbocycles. The first-order valence-corrected chi connectivity index (χ1v) is 7.40. The molecular weight excluding hydrogens is 285 g/mol. The van der Waals surface area contributed by atoms with Gasteiger partial charge in [0.1, 0.15) is 0 Å². The zero-order chi connectivity index (χ0) is 15.4. The van der Waals surface area contributed by atoms with Crippen molar-refractivity contribution in [3.05, 3.63) is 35.5 Å². The molecule has 0 atom stereocenters. The lowest BCUT2D eigenvalue weighted by Gasteiger charge is -2.15. The number of halogens is 1. The van der Waals surface area contributed by atoms with Gasteiger partial charge in [0.2, 0.25) is 5.82 Å². The number of aromatic hydroxyl groups is 1. The monoisotopic (exact) mass is 301 g/mol. The SMILES string of the molecule is Cc1nc2n(c1-c1ccc(O)c(F)c1)CN(CC1CC1)C2=O. The van der Waals surface area contributed by atoms with Gasteiger partial charge in [-0.05, 0) is 43.9 Å². The van der Waals surface area contributed by atoms with Gasteiger partial charge in [-0.15, -0.1) is 0 Å². The predicted octanol–water partition coefficient (Wildman–Crippen LogP) is 2.53. The van der Waals surface area contributed by atoms with Crippen LogP contribution in [0.5, 0.6) is 5.75 Å². The molecule has 1 amide bonds. The molecular formula is C16H16FN3O2. The smallest absolute Gasteiger partial charge is 0.291 e. The van der Waals surface area contributed by atoms with Crippen LogP contribution in [0, 0.1) is 18.7 Å². The van der Waals surface area contributed by atoms with Crippen molar-refractivity contribution in [2.45, 2.75) is 26.4 Å². The summed E-state index contributed by atoms with van der Waals surface area (Å²) in [5, 5.41) is 9.33. The van der Waals surface area contributed by atoms with Gasteiger partial charge in [-0.25, -0.2) is 9.37 Å². The lowest BCUT2D eigenvalue weighted by Crippen LogP contribution is -2.27. The van der Waals surface area contributed by atoms with E-state index in [4.69, 9.17) is 0 Å². The Morgan fingerprint density at radius 3 is 2.86 bits per heavy atom. The zero-order valence-electron chi connectivity index (χ0n) is 12.2. The van der Waals surface area contributed by atoms with Crippen molar-refractivity contribution in [2.75, 3.05) is 6.54 Å². The number of nitrogens with zero attached hydrogens (tertiary/aromatic N) is 3. The molecule has 6 heteroatoms. The fourth-order valence-corrected chi connectivity index (χ4v) is 3.02. The molecule has 1 aromatic carbocycles. The molecule has 0 unspecified atom stereocenters. The molecule has 2 aromatic rings. The van der Waals surface area contributed by atoms with Crippen molar-refractivity contribution < 1.29 is 14.3 Å². The van der Waals surface area contributed by atoms with E-state index < -0.39 is 5.82 Å². The van der Waals surface area contributed by atoms with Crippen LogP contribution < -0.4 is 0 Å². The number of carbonyl (C=O) groups is 1. The Hall–Kier alpha value is -2.37. The molecule has 0 radical (unpaired) electrons. The number of imidazole rings is 1. The third-order valence-corrected chi connectivity index (χ3v) is 4.33. The van der Waals surface area contributed by atoms with E-state index in [2.05, 4.69) is 4.98 Å². The molecule has 0 saturated heterocycles. The minimum absolute atomic E-state index is 0.0551. The molecule has 1 N–H and O–H groups in total. The van der Waals surface area contributed by atoms with Crippen LogP contribution in [-0.2, 0) is 6.67 Å². The Kier molecular flexibility index (Phi) is 2.76. The number of hydrogen-bond donors (Lipinski definition) is 1. The minimum Gasteiger partial charge on any atom is -0.505 e. The molecule has 1 fully saturated rings. The van der Waals surface area contributed by atoms with Crippen molar-refractivity contribution in [3.8, 4) is 17.0 Å². The highest BCUT2D eigenvalue weighted by Crippen LogP contribution is 2.34. The van der Waals surface area contributed by atoms with Gasteiger partial charge in [0, 0.05) is 12.1 Å². The number of hydrogen-bond acceptors (Lipinski definition) is 3. The van der Waals surface area contributed by atoms with Crippen LogP contribution in [0.25, 0.3) is 11.3 Å². The first kappa shape index (κ1) is 13.3. The molecule has 2 heterocycles. The van der Waals surface area contributed by atoms with E-state index in [-0.39, 0.29) is 11.7 Å². The average molecular weight is 301 g/mol. The number of phenolic OH excluding ortho intramolecular Hbond substituents is 1. The van der Waals surface area contributed by atoms with E-state index in [1.165, 1.54) is 25.0 Å². The number of amides is 1. The Labute approximate surface area is 127 Å². The number of benzene rings is 1. The highest BCUT2D eigenvalue weighted by molar-refractivity contribution is 5.94. The first-order chi connectivity index (χ1) is 10.5. The van der Waals surface area contributed by atoms with E-state index in [0.717, 1.165) is 12.2 Å². The fraction of sp³-hybridized carbons (Fsp3) is 0.375. The molecule has 1 aliphatic heterocycles. The Balaban J connectivity index is 1.74. The summed E-state index contributed by atoms with van der Waals surface area (Å²) < 4.78 is 15.5. The highest BCUT2D eigenvalue weighted by Gasteiger charge is 2.36. The van der Waals surface area contributed by atoms with Gasteiger partial charge in [0.05, 0.1) is 18.1 Å². The van der Waals surface area contributed by atoms with Crippen LogP contribution in [-0.4, -0.2) is 32.0 Å². The van der Waals surface area contributed by atoms with Crippen molar-refractivity contribution in [3.63, 3.8) is 0 Å². The zero-order valence-corrected chi connectivity index (χ0v) is 12.2. The molecule has 114 valence electrons. The normalized spacial score (nSPS) is 17.2. The highest BCUT2D eigenvalue weighted by atomic mass is 19.1. The minimum atomic E-state index is -0.674. The lowest BCUT2D eigenvalue weighted by atomic mass is 10.1. The summed E-state index contributed by atoms with van der Waals surface area (Å²) in [6, 6.07) is 4.24. The van der Waals surface area contributed by atoms with E-state index in [9.17, 15) is 14.3 Å². The molecule has 2 aliphatic rings. The molecule has 5 nitrogen and oxygen atoms in total. The van der Waals surface area contributed by atoms with Crippen molar-refractivity contribution in [1.82, 2.24) is 14.5 Å². The van der Waals surface area contributed by atoms with Crippen LogP contribution in [0.1, 0.15) is 29.2 Å². The van der Waals surface area contributed by atoms with Gasteiger partial charge in [0.15, 0.2) is 11.6 Å². The van der Waals surface area contributed by atoms with Crippen LogP contribution in [0.4, 0.5) is 4.39 Å². The predicted molar refractivity (Wildman–Crippen MR) is 77.8 cm³/mol. The second kappa shape index (κ2) is 4.56. The summed E-state index contributed by atoms with van der Waals surface area (Å²) >= 11 is 0. The van der Waals surface area contributed by atoms with E-state index >= 15 is 0 Å². The summed E-state index contributed by atoms with van der Waals surface area (Å²) in [6.45, 7) is 3.04. The van der Waals surface area contributed by atoms with E-state index in [1.54, 1.807) is 11.0 Å². The Bertz CT molecular complexity index is 780. The van der Waals surface area contributed by atoms with Crippen molar-refractivity contribution in [2.24, 2.45) is 5.92 Å². The summed E-state index contributed by atoms with van der Waals surface area (Å²) in [4.78, 5) is 18.6. The van der Waals surface area contributed by atoms with Crippen LogP contribution >= 0.6 is 0 Å². The number of rotatable bonds is 3. The largest absolute Gasteiger partial charge is 0.505 e. The summed E-state index contributed by atoms with van der Waals surface area (Å²) in [5.41, 5.74) is 2.05. The lowest BCUT2D eigenvalue weighted by molar-refractivity contribution is 0.0758. The second-order valence-electron chi connectivity index (χ2n) is 6.08. The van der Waals surface area contributed by atoms with Gasteiger partial charge in [-0.3, -0.25) is 4.79 Å². The number of aromatic nitrogens is 2. The Morgan fingerprint density at radius 1 is 1.41 bits per heavy atom. The first-order valence-electron chi connectivity index (χ1n) is 7.40. The third kappa shape index (κ3) is 1.98. The molecule has 22 heavy (non-hydrogen) atoms. The third-order valence-electron chi connectivity index (χ3n) is 4.33. The molecule has 1 aromatic heterocycles. The standard InChI is InChI=1S/C16H16FN3O2/c1-9-14(11-4-5-13(21)12(17)6-11)20-8-19(7-10-2-3-10)16(22)15(20)18-9/h4-6,10,21H,2-3,7-8H2,1H3. The van der Waals surface area contributed by atoms with Crippen molar-refractivity contribution >= 4 is 5.91 Å². The van der Waals surface area contributed by atoms with Gasteiger partial charge < -0.3 is 14.6 Å². The topological polar surface area (TPSA) is 58.4 Å². The molecule has 1 aliphatic carbocycles. The van der Waals surface area contributed by atoms with Crippen LogP contribution in [0.15, 0.2) is 18.2 Å². The van der Waals surface area contributed by atoms with Gasteiger partial charge >= 0.3 is 0 Å². The van der Waals surface area contributed by atoms with Crippen molar-refractivity contribution in [1.29, 1.82) is 0 Å². The fourth-order valence-electron chi connectivity index (χ4n) is 3.02. The summed E-state index contributed by atoms with van der Waals surface area (Å²) in [6.07, 6.45) is 2.36. The Morgan fingerprint density at radius 2 is 2.18 bits per heavy atom. The van der Waals surface area contributed by atoms with Crippen LogP contribution in [0.3, 0.4) is 0 Å². The molecule has 4 rings (SSSR count). The second-order valence-corrected chi connectivity index (χ2v) is 6.08. The summed E-state index contributed by atoms with van der Waals surface area (Å²) in [5.74, 6) is -0.0769. The maximum absolute atomic E-state index is 13.6. The summed E-state index contributed by atoms with van der Waals surface area (Å²) in [7, 11) is 0. The maximum atomic E-state index is 13.6. The van der Waals surface area contributed by atoms with Gasteiger partial charge in [-0.1, -0.05) is 0 Å². The maximum Gasteiger partial charge on any atom is 0.291 e. The van der Waals surface area contributed by atoms with Gasteiger partial charge in [-0.2, -0.15) is 0 Å². The quantitative estimate of drug-likeness (QED) is 0.947. The number of fused-ring (bicyclic) bond motifs is 1. The number of phenols is 1. The average Bonchev–Trinajstić information content (AvgIpc) is 3.17. The molecule has 0 spiro atoms.